The molecule has 4 heteroatoms. The van der Waals surface area contributed by atoms with Gasteiger partial charge in [-0.2, -0.15) is 5.10 Å². The molecule has 1 heterocycles. The first kappa shape index (κ1) is 14.4. The van der Waals surface area contributed by atoms with Crippen LogP contribution in [0, 0.1) is 0 Å². The fourth-order valence-electron chi connectivity index (χ4n) is 3.49. The summed E-state index contributed by atoms with van der Waals surface area (Å²) in [5, 5.41) is 8.15. The molecule has 0 spiro atoms. The summed E-state index contributed by atoms with van der Waals surface area (Å²) in [6, 6.07) is 6.85. The minimum Gasteiger partial charge on any atom is -0.490 e. The first-order chi connectivity index (χ1) is 10.3. The van der Waals surface area contributed by atoms with Crippen LogP contribution in [0.15, 0.2) is 24.4 Å². The van der Waals surface area contributed by atoms with Crippen molar-refractivity contribution in [2.45, 2.75) is 51.7 Å². The van der Waals surface area contributed by atoms with Crippen LogP contribution in [0.2, 0.25) is 0 Å². The van der Waals surface area contributed by atoms with Crippen LogP contribution < -0.4 is 4.74 Å². The van der Waals surface area contributed by atoms with Gasteiger partial charge in [0.2, 0.25) is 0 Å². The lowest BCUT2D eigenvalue weighted by Crippen LogP contribution is -2.41. The van der Waals surface area contributed by atoms with E-state index in [2.05, 4.69) is 35.0 Å². The van der Waals surface area contributed by atoms with Gasteiger partial charge in [-0.3, -0.25) is 5.10 Å². The van der Waals surface area contributed by atoms with E-state index >= 15 is 0 Å². The number of benzene rings is 1. The molecule has 1 aliphatic rings. The smallest absolute Gasteiger partial charge is 0.120 e. The Balaban J connectivity index is 1.66. The van der Waals surface area contributed by atoms with Gasteiger partial charge in [-0.15, -0.1) is 0 Å². The molecule has 1 aromatic carbocycles. The summed E-state index contributed by atoms with van der Waals surface area (Å²) in [6.07, 6.45) is 7.07. The van der Waals surface area contributed by atoms with E-state index in [0.29, 0.717) is 12.1 Å². The minimum atomic E-state index is 0.341. The van der Waals surface area contributed by atoms with Crippen molar-refractivity contribution in [3.05, 3.63) is 24.4 Å². The standard InChI is InChI=1S/C17H25N3O/c1-3-20(4-2)14-6-5-7-15(11-14)21-16-8-9-17-13(10-16)12-18-19-17/h8-10,12,14-15H,3-7,11H2,1-2H3,(H,18,19). The summed E-state index contributed by atoms with van der Waals surface area (Å²) >= 11 is 0. The highest BCUT2D eigenvalue weighted by atomic mass is 16.5. The Morgan fingerprint density at radius 3 is 2.95 bits per heavy atom. The number of nitrogens with zero attached hydrogens (tertiary/aromatic N) is 2. The number of aromatic nitrogens is 2. The fraction of sp³-hybridized carbons (Fsp3) is 0.588. The number of aromatic amines is 1. The molecule has 2 unspecified atom stereocenters. The van der Waals surface area contributed by atoms with Gasteiger partial charge in [0.05, 0.1) is 11.7 Å². The largest absolute Gasteiger partial charge is 0.490 e. The normalized spacial score (nSPS) is 22.8. The molecule has 0 aliphatic heterocycles. The maximum atomic E-state index is 6.23. The predicted molar refractivity (Wildman–Crippen MR) is 85.7 cm³/mol. The third-order valence-corrected chi connectivity index (χ3v) is 4.64. The number of hydrogen-bond donors (Lipinski definition) is 1. The predicted octanol–water partition coefficient (Wildman–Crippen LogP) is 3.59. The zero-order valence-electron chi connectivity index (χ0n) is 13.0. The maximum Gasteiger partial charge on any atom is 0.120 e. The van der Waals surface area contributed by atoms with E-state index in [-0.39, 0.29) is 0 Å². The van der Waals surface area contributed by atoms with Gasteiger partial charge in [-0.05, 0) is 57.0 Å². The number of hydrogen-bond acceptors (Lipinski definition) is 3. The SMILES string of the molecule is CCN(CC)C1CCCC(Oc2ccc3[nH]ncc3c2)C1. The van der Waals surface area contributed by atoms with Crippen molar-refractivity contribution < 1.29 is 4.74 Å². The molecule has 1 aromatic heterocycles. The summed E-state index contributed by atoms with van der Waals surface area (Å²) in [5.74, 6) is 0.967. The topological polar surface area (TPSA) is 41.1 Å². The first-order valence-corrected chi connectivity index (χ1v) is 8.14. The molecule has 1 N–H and O–H groups in total. The van der Waals surface area contributed by atoms with Gasteiger partial charge in [-0.25, -0.2) is 0 Å². The zero-order chi connectivity index (χ0) is 14.7. The fourth-order valence-corrected chi connectivity index (χ4v) is 3.49. The number of fused-ring (bicyclic) bond motifs is 1. The third-order valence-electron chi connectivity index (χ3n) is 4.64. The van der Waals surface area contributed by atoms with Crippen molar-refractivity contribution in [1.29, 1.82) is 0 Å². The van der Waals surface area contributed by atoms with Gasteiger partial charge in [-0.1, -0.05) is 13.8 Å². The Morgan fingerprint density at radius 1 is 1.29 bits per heavy atom. The van der Waals surface area contributed by atoms with E-state index in [4.69, 9.17) is 4.74 Å². The molecule has 0 bridgehead atoms. The van der Waals surface area contributed by atoms with E-state index in [9.17, 15) is 0 Å². The number of nitrogens with one attached hydrogen (secondary N) is 1. The molecule has 0 amide bonds. The van der Waals surface area contributed by atoms with Gasteiger partial charge in [0.25, 0.3) is 0 Å². The summed E-state index contributed by atoms with van der Waals surface area (Å²) in [4.78, 5) is 2.56. The number of ether oxygens (including phenoxy) is 1. The molecule has 2 aromatic rings. The molecule has 4 nitrogen and oxygen atoms in total. The van der Waals surface area contributed by atoms with Crippen LogP contribution in [-0.2, 0) is 0 Å². The van der Waals surface area contributed by atoms with Crippen molar-refractivity contribution in [3.8, 4) is 5.75 Å². The summed E-state index contributed by atoms with van der Waals surface area (Å²) in [7, 11) is 0. The molecule has 21 heavy (non-hydrogen) atoms. The van der Waals surface area contributed by atoms with Crippen LogP contribution in [0.5, 0.6) is 5.75 Å². The van der Waals surface area contributed by atoms with E-state index in [1.165, 1.54) is 19.3 Å². The van der Waals surface area contributed by atoms with Gasteiger partial charge in [0.15, 0.2) is 0 Å². The van der Waals surface area contributed by atoms with Crippen molar-refractivity contribution in [2.24, 2.45) is 0 Å². The number of rotatable bonds is 5. The van der Waals surface area contributed by atoms with Gasteiger partial charge >= 0.3 is 0 Å². The van der Waals surface area contributed by atoms with Crippen LogP contribution in [0.25, 0.3) is 10.9 Å². The second kappa shape index (κ2) is 6.48. The molecule has 1 saturated carbocycles. The van der Waals surface area contributed by atoms with E-state index in [1.54, 1.807) is 0 Å². The van der Waals surface area contributed by atoms with Crippen molar-refractivity contribution in [1.82, 2.24) is 15.1 Å². The van der Waals surface area contributed by atoms with Gasteiger partial charge < -0.3 is 9.64 Å². The van der Waals surface area contributed by atoms with Gasteiger partial charge in [0, 0.05) is 11.4 Å². The van der Waals surface area contributed by atoms with Crippen molar-refractivity contribution in [3.63, 3.8) is 0 Å². The maximum absolute atomic E-state index is 6.23. The minimum absolute atomic E-state index is 0.341. The monoisotopic (exact) mass is 287 g/mol. The zero-order valence-corrected chi connectivity index (χ0v) is 13.0. The highest BCUT2D eigenvalue weighted by Crippen LogP contribution is 2.28. The van der Waals surface area contributed by atoms with Crippen LogP contribution >= 0.6 is 0 Å². The highest BCUT2D eigenvalue weighted by Gasteiger charge is 2.26. The van der Waals surface area contributed by atoms with Crippen LogP contribution in [0.1, 0.15) is 39.5 Å². The average Bonchev–Trinajstić information content (AvgIpc) is 2.96. The summed E-state index contributed by atoms with van der Waals surface area (Å²) < 4.78 is 6.23. The lowest BCUT2D eigenvalue weighted by Gasteiger charge is -2.36. The first-order valence-electron chi connectivity index (χ1n) is 8.14. The average molecular weight is 287 g/mol. The van der Waals surface area contributed by atoms with Crippen LogP contribution in [-0.4, -0.2) is 40.3 Å². The highest BCUT2D eigenvalue weighted by molar-refractivity contribution is 5.79. The second-order valence-electron chi connectivity index (χ2n) is 5.90. The van der Waals surface area contributed by atoms with Crippen LogP contribution in [0.4, 0.5) is 0 Å². The Labute approximate surface area is 126 Å². The molecule has 2 atom stereocenters. The molecule has 1 fully saturated rings. The number of H-pyrrole nitrogens is 1. The third kappa shape index (κ3) is 3.21. The Morgan fingerprint density at radius 2 is 2.14 bits per heavy atom. The Kier molecular flexibility index (Phi) is 4.44. The molecule has 1 aliphatic carbocycles. The van der Waals surface area contributed by atoms with Crippen molar-refractivity contribution >= 4 is 10.9 Å². The molecule has 0 saturated heterocycles. The summed E-state index contributed by atoms with van der Waals surface area (Å²) in [6.45, 7) is 6.77. The molecule has 3 rings (SSSR count). The Hall–Kier alpha value is -1.55. The lowest BCUT2D eigenvalue weighted by molar-refractivity contribution is 0.0819. The van der Waals surface area contributed by atoms with E-state index < -0.39 is 0 Å². The summed E-state index contributed by atoms with van der Waals surface area (Å²) in [5.41, 5.74) is 1.06. The lowest BCUT2D eigenvalue weighted by atomic mass is 9.91. The molecular weight excluding hydrogens is 262 g/mol. The van der Waals surface area contributed by atoms with Crippen LogP contribution in [0.3, 0.4) is 0 Å². The van der Waals surface area contributed by atoms with E-state index in [0.717, 1.165) is 36.2 Å². The molecular formula is C17H25N3O. The van der Waals surface area contributed by atoms with Gasteiger partial charge in [0.1, 0.15) is 11.9 Å². The quantitative estimate of drug-likeness (QED) is 0.913. The second-order valence-corrected chi connectivity index (χ2v) is 5.90. The van der Waals surface area contributed by atoms with E-state index in [1.807, 2.05) is 18.3 Å². The van der Waals surface area contributed by atoms with Crippen molar-refractivity contribution in [2.75, 3.05) is 13.1 Å². The Bertz CT molecular complexity index is 576. The molecule has 0 radical (unpaired) electrons. The molecule has 114 valence electrons.